The van der Waals surface area contributed by atoms with E-state index < -0.39 is 5.97 Å². The van der Waals surface area contributed by atoms with Crippen LogP contribution in [0.15, 0.2) is 60.7 Å². The van der Waals surface area contributed by atoms with Crippen LogP contribution in [-0.2, 0) is 6.54 Å². The van der Waals surface area contributed by atoms with Crippen molar-refractivity contribution in [2.45, 2.75) is 6.54 Å². The van der Waals surface area contributed by atoms with Gasteiger partial charge in [0.1, 0.15) is 5.82 Å². The summed E-state index contributed by atoms with van der Waals surface area (Å²) in [5.41, 5.74) is 2.13. The summed E-state index contributed by atoms with van der Waals surface area (Å²) in [7, 11) is 0. The second kappa shape index (κ2) is 5.63. The molecule has 0 saturated heterocycles. The third-order valence-corrected chi connectivity index (χ3v) is 3.25. The number of nitrogens with zero attached hydrogens (tertiary/aromatic N) is 1. The SMILES string of the molecule is O=C(O)c1cccc(CNc2ccc3ccccc3n2)c1. The van der Waals surface area contributed by atoms with Crippen molar-refractivity contribution in [3.8, 4) is 0 Å². The van der Waals surface area contributed by atoms with Crippen molar-refractivity contribution in [3.63, 3.8) is 0 Å². The van der Waals surface area contributed by atoms with E-state index in [1.165, 1.54) is 0 Å². The minimum absolute atomic E-state index is 0.292. The van der Waals surface area contributed by atoms with Gasteiger partial charge in [-0.05, 0) is 35.9 Å². The summed E-state index contributed by atoms with van der Waals surface area (Å²) in [5.74, 6) is -0.143. The molecule has 4 heteroatoms. The van der Waals surface area contributed by atoms with E-state index >= 15 is 0 Å². The van der Waals surface area contributed by atoms with Crippen LogP contribution < -0.4 is 5.32 Å². The Morgan fingerprint density at radius 3 is 2.76 bits per heavy atom. The number of fused-ring (bicyclic) bond motifs is 1. The second-order valence-electron chi connectivity index (χ2n) is 4.75. The minimum atomic E-state index is -0.916. The quantitative estimate of drug-likeness (QED) is 0.766. The molecule has 3 rings (SSSR count). The predicted molar refractivity (Wildman–Crippen MR) is 82.5 cm³/mol. The van der Waals surface area contributed by atoms with Gasteiger partial charge in [-0.2, -0.15) is 0 Å². The van der Waals surface area contributed by atoms with Crippen molar-refractivity contribution >= 4 is 22.7 Å². The molecular weight excluding hydrogens is 264 g/mol. The first kappa shape index (κ1) is 13.1. The number of anilines is 1. The molecule has 3 aromatic rings. The Bertz CT molecular complexity index is 799. The Hall–Kier alpha value is -2.88. The minimum Gasteiger partial charge on any atom is -0.478 e. The largest absolute Gasteiger partial charge is 0.478 e. The lowest BCUT2D eigenvalue weighted by Crippen LogP contribution is -2.03. The Morgan fingerprint density at radius 1 is 1.05 bits per heavy atom. The van der Waals surface area contributed by atoms with Crippen molar-refractivity contribution in [1.82, 2.24) is 4.98 Å². The molecule has 0 atom stereocenters. The molecule has 0 fully saturated rings. The van der Waals surface area contributed by atoms with Crippen molar-refractivity contribution < 1.29 is 9.90 Å². The number of rotatable bonds is 4. The normalized spacial score (nSPS) is 10.5. The van der Waals surface area contributed by atoms with Crippen molar-refractivity contribution in [1.29, 1.82) is 0 Å². The predicted octanol–water partition coefficient (Wildman–Crippen LogP) is 3.55. The molecular formula is C17H14N2O2. The monoisotopic (exact) mass is 278 g/mol. The molecule has 0 bridgehead atoms. The van der Waals surface area contributed by atoms with E-state index in [0.29, 0.717) is 12.1 Å². The zero-order valence-electron chi connectivity index (χ0n) is 11.3. The highest BCUT2D eigenvalue weighted by Crippen LogP contribution is 2.15. The van der Waals surface area contributed by atoms with Crippen LogP contribution in [-0.4, -0.2) is 16.1 Å². The topological polar surface area (TPSA) is 62.2 Å². The van der Waals surface area contributed by atoms with Gasteiger partial charge in [-0.15, -0.1) is 0 Å². The number of carbonyl (C=O) groups is 1. The van der Waals surface area contributed by atoms with Crippen LogP contribution in [0.3, 0.4) is 0 Å². The highest BCUT2D eigenvalue weighted by atomic mass is 16.4. The summed E-state index contributed by atoms with van der Waals surface area (Å²) < 4.78 is 0. The molecule has 0 saturated carbocycles. The van der Waals surface area contributed by atoms with E-state index in [4.69, 9.17) is 5.11 Å². The van der Waals surface area contributed by atoms with E-state index in [1.54, 1.807) is 18.2 Å². The second-order valence-corrected chi connectivity index (χ2v) is 4.75. The Morgan fingerprint density at radius 2 is 1.90 bits per heavy atom. The number of benzene rings is 2. The fourth-order valence-electron chi connectivity index (χ4n) is 2.17. The van der Waals surface area contributed by atoms with E-state index in [0.717, 1.165) is 22.3 Å². The van der Waals surface area contributed by atoms with E-state index in [2.05, 4.69) is 10.3 Å². The van der Waals surface area contributed by atoms with E-state index in [-0.39, 0.29) is 0 Å². The van der Waals surface area contributed by atoms with Gasteiger partial charge in [0, 0.05) is 11.9 Å². The zero-order valence-corrected chi connectivity index (χ0v) is 11.3. The molecule has 0 aliphatic heterocycles. The highest BCUT2D eigenvalue weighted by molar-refractivity contribution is 5.87. The van der Waals surface area contributed by atoms with Gasteiger partial charge in [0.05, 0.1) is 11.1 Å². The lowest BCUT2D eigenvalue weighted by atomic mass is 10.1. The number of nitrogens with one attached hydrogen (secondary N) is 1. The van der Waals surface area contributed by atoms with Gasteiger partial charge in [0.2, 0.25) is 0 Å². The van der Waals surface area contributed by atoms with Crippen molar-refractivity contribution in [3.05, 3.63) is 71.8 Å². The molecule has 2 N–H and O–H groups in total. The van der Waals surface area contributed by atoms with E-state index in [9.17, 15) is 4.79 Å². The van der Waals surface area contributed by atoms with Crippen LogP contribution in [0.2, 0.25) is 0 Å². The molecule has 2 aromatic carbocycles. The number of carboxylic acids is 1. The maximum atomic E-state index is 10.9. The Balaban J connectivity index is 1.77. The number of para-hydroxylation sites is 1. The molecule has 1 aromatic heterocycles. The fourth-order valence-corrected chi connectivity index (χ4v) is 2.17. The maximum absolute atomic E-state index is 10.9. The third-order valence-electron chi connectivity index (χ3n) is 3.25. The number of hydrogen-bond donors (Lipinski definition) is 2. The average Bonchev–Trinajstić information content (AvgIpc) is 2.53. The van der Waals surface area contributed by atoms with Crippen molar-refractivity contribution in [2.24, 2.45) is 0 Å². The zero-order chi connectivity index (χ0) is 14.7. The first-order valence-corrected chi connectivity index (χ1v) is 6.64. The van der Waals surface area contributed by atoms with Gasteiger partial charge in [0.25, 0.3) is 0 Å². The maximum Gasteiger partial charge on any atom is 0.335 e. The van der Waals surface area contributed by atoms with E-state index in [1.807, 2.05) is 42.5 Å². The summed E-state index contributed by atoms with van der Waals surface area (Å²) in [6, 6.07) is 18.7. The van der Waals surface area contributed by atoms with Crippen LogP contribution in [0, 0.1) is 0 Å². The molecule has 104 valence electrons. The van der Waals surface area contributed by atoms with Gasteiger partial charge in [-0.1, -0.05) is 30.3 Å². The Kier molecular flexibility index (Phi) is 3.51. The van der Waals surface area contributed by atoms with Gasteiger partial charge in [-0.25, -0.2) is 9.78 Å². The summed E-state index contributed by atoms with van der Waals surface area (Å²) in [6.45, 7) is 0.534. The molecule has 0 radical (unpaired) electrons. The number of hydrogen-bond acceptors (Lipinski definition) is 3. The van der Waals surface area contributed by atoms with Crippen molar-refractivity contribution in [2.75, 3.05) is 5.32 Å². The number of aromatic nitrogens is 1. The summed E-state index contributed by atoms with van der Waals surface area (Å²) in [5, 5.41) is 13.3. The van der Waals surface area contributed by atoms with Crippen LogP contribution in [0.4, 0.5) is 5.82 Å². The molecule has 0 spiro atoms. The summed E-state index contributed by atoms with van der Waals surface area (Å²) in [6.07, 6.45) is 0. The Labute approximate surface area is 122 Å². The third kappa shape index (κ3) is 3.00. The number of carboxylic acid groups (broad SMARTS) is 1. The van der Waals surface area contributed by atoms with Crippen LogP contribution >= 0.6 is 0 Å². The first-order chi connectivity index (χ1) is 10.2. The van der Waals surface area contributed by atoms with Gasteiger partial charge in [0.15, 0.2) is 0 Å². The van der Waals surface area contributed by atoms with Gasteiger partial charge < -0.3 is 10.4 Å². The fraction of sp³-hybridized carbons (Fsp3) is 0.0588. The standard InChI is InChI=1S/C17H14N2O2/c20-17(21)14-6-3-4-12(10-14)11-18-16-9-8-13-5-1-2-7-15(13)19-16/h1-10H,11H2,(H,18,19)(H,20,21). The molecule has 4 nitrogen and oxygen atoms in total. The van der Waals surface area contributed by atoms with Crippen LogP contribution in [0.25, 0.3) is 10.9 Å². The van der Waals surface area contributed by atoms with Gasteiger partial charge in [-0.3, -0.25) is 0 Å². The van der Waals surface area contributed by atoms with Crippen LogP contribution in [0.1, 0.15) is 15.9 Å². The molecule has 21 heavy (non-hydrogen) atoms. The average molecular weight is 278 g/mol. The molecule has 0 aliphatic carbocycles. The van der Waals surface area contributed by atoms with Gasteiger partial charge >= 0.3 is 5.97 Å². The number of aromatic carboxylic acids is 1. The highest BCUT2D eigenvalue weighted by Gasteiger charge is 2.03. The first-order valence-electron chi connectivity index (χ1n) is 6.64. The molecule has 1 heterocycles. The molecule has 0 unspecified atom stereocenters. The molecule has 0 amide bonds. The number of pyridine rings is 1. The summed E-state index contributed by atoms with van der Waals surface area (Å²) >= 11 is 0. The lowest BCUT2D eigenvalue weighted by molar-refractivity contribution is 0.0697. The smallest absolute Gasteiger partial charge is 0.335 e. The lowest BCUT2D eigenvalue weighted by Gasteiger charge is -2.07. The van der Waals surface area contributed by atoms with Crippen LogP contribution in [0.5, 0.6) is 0 Å². The summed E-state index contributed by atoms with van der Waals surface area (Å²) in [4.78, 5) is 15.5. The molecule has 0 aliphatic rings.